The molecule has 0 spiro atoms. The molecule has 0 fully saturated rings. The summed E-state index contributed by atoms with van der Waals surface area (Å²) in [7, 11) is 1.41. The molecule has 1 amide bonds. The summed E-state index contributed by atoms with van der Waals surface area (Å²) in [6.45, 7) is 1.75. The maximum atomic E-state index is 12.6. The number of hydrogen-bond acceptors (Lipinski definition) is 4. The van der Waals surface area contributed by atoms with E-state index in [1.54, 1.807) is 6.92 Å². The molecule has 2 aromatic rings. The van der Waals surface area contributed by atoms with Gasteiger partial charge < -0.3 is 10.1 Å². The lowest BCUT2D eigenvalue weighted by Gasteiger charge is -2.08. The fraction of sp³-hybridized carbons (Fsp3) is 0.308. The minimum Gasteiger partial charge on any atom is -0.416 e. The Morgan fingerprint density at radius 2 is 2.04 bits per heavy atom. The van der Waals surface area contributed by atoms with E-state index in [1.165, 1.54) is 7.05 Å². The number of ether oxygens (including phenoxy) is 1. The lowest BCUT2D eigenvalue weighted by Crippen LogP contribution is -2.27. The summed E-state index contributed by atoms with van der Waals surface area (Å²) in [5, 5.41) is 5.94. The number of pyridine rings is 1. The maximum absolute atomic E-state index is 12.6. The summed E-state index contributed by atoms with van der Waals surface area (Å²) in [6.07, 6.45) is -3.63. The Kier molecular flexibility index (Phi) is 5.24. The lowest BCUT2D eigenvalue weighted by atomic mass is 10.3. The Balaban J connectivity index is 2.38. The van der Waals surface area contributed by atoms with Gasteiger partial charge in [-0.2, -0.15) is 17.9 Å². The normalized spacial score (nSPS) is 11.5. The molecule has 0 aliphatic rings. The zero-order valence-electron chi connectivity index (χ0n) is 12.4. The molecule has 0 atom stereocenters. The number of nitrogens with zero attached hydrogens (tertiary/aromatic N) is 3. The number of carbonyl (C=O) groups is 1. The highest BCUT2D eigenvalue weighted by Gasteiger charge is 2.32. The van der Waals surface area contributed by atoms with E-state index < -0.39 is 17.8 Å². The van der Waals surface area contributed by atoms with Crippen LogP contribution in [0.3, 0.4) is 0 Å². The Morgan fingerprint density at radius 3 is 2.54 bits per heavy atom. The summed E-state index contributed by atoms with van der Waals surface area (Å²) < 4.78 is 44.1. The van der Waals surface area contributed by atoms with Crippen molar-refractivity contribution in [1.29, 1.82) is 0 Å². The number of aromatic nitrogens is 3. The minimum atomic E-state index is -4.58. The van der Waals surface area contributed by atoms with Gasteiger partial charge in [-0.25, -0.2) is 9.78 Å². The maximum Gasteiger partial charge on any atom is 0.417 e. The molecule has 2 aromatic heterocycles. The van der Waals surface area contributed by atoms with Crippen LogP contribution < -0.4 is 10.1 Å². The molecule has 11 heteroatoms. The van der Waals surface area contributed by atoms with Crippen LogP contribution in [0, 0.1) is 0 Å². The van der Waals surface area contributed by atoms with E-state index in [0.717, 1.165) is 4.68 Å². The van der Waals surface area contributed by atoms with Crippen LogP contribution in [0.2, 0.25) is 10.0 Å². The van der Waals surface area contributed by atoms with Crippen molar-refractivity contribution in [3.63, 3.8) is 0 Å². The van der Waals surface area contributed by atoms with Gasteiger partial charge in [0.05, 0.1) is 11.3 Å². The second-order valence-corrected chi connectivity index (χ2v) is 5.28. The first kappa shape index (κ1) is 18.3. The van der Waals surface area contributed by atoms with Crippen molar-refractivity contribution in [1.82, 2.24) is 20.1 Å². The number of halogens is 5. The van der Waals surface area contributed by atoms with Crippen LogP contribution in [0.1, 0.15) is 18.2 Å². The third-order valence-corrected chi connectivity index (χ3v) is 3.61. The van der Waals surface area contributed by atoms with Gasteiger partial charge in [0.1, 0.15) is 10.0 Å². The molecule has 2 heterocycles. The molecule has 6 nitrogen and oxygen atoms in total. The number of carbonyl (C=O) groups excluding carboxylic acids is 1. The largest absolute Gasteiger partial charge is 0.417 e. The average molecular weight is 383 g/mol. The van der Waals surface area contributed by atoms with Gasteiger partial charge in [0, 0.05) is 13.2 Å². The van der Waals surface area contributed by atoms with E-state index in [-0.39, 0.29) is 21.8 Å². The minimum absolute atomic E-state index is 0.0406. The third-order valence-electron chi connectivity index (χ3n) is 2.96. The molecular weight excluding hydrogens is 372 g/mol. The molecule has 0 saturated carbocycles. The van der Waals surface area contributed by atoms with Gasteiger partial charge in [-0.05, 0) is 12.5 Å². The van der Waals surface area contributed by atoms with E-state index in [9.17, 15) is 18.0 Å². The first-order valence-electron chi connectivity index (χ1n) is 6.59. The Morgan fingerprint density at radius 1 is 1.38 bits per heavy atom. The molecular formula is C13H11Cl2F3N4O2. The van der Waals surface area contributed by atoms with Gasteiger partial charge in [-0.15, -0.1) is 5.10 Å². The van der Waals surface area contributed by atoms with Gasteiger partial charge in [-0.3, -0.25) is 0 Å². The first-order chi connectivity index (χ1) is 11.2. The van der Waals surface area contributed by atoms with E-state index in [2.05, 4.69) is 15.4 Å². The smallest absolute Gasteiger partial charge is 0.416 e. The highest BCUT2D eigenvalue weighted by molar-refractivity contribution is 6.33. The fourth-order valence-electron chi connectivity index (χ4n) is 1.80. The highest BCUT2D eigenvalue weighted by Crippen LogP contribution is 2.36. The lowest BCUT2D eigenvalue weighted by molar-refractivity contribution is -0.137. The van der Waals surface area contributed by atoms with E-state index in [1.807, 2.05) is 0 Å². The van der Waals surface area contributed by atoms with Gasteiger partial charge >= 0.3 is 12.2 Å². The molecule has 0 bridgehead atoms. The number of amides is 1. The van der Waals surface area contributed by atoms with Crippen molar-refractivity contribution < 1.29 is 22.7 Å². The second-order valence-electron chi connectivity index (χ2n) is 4.50. The predicted octanol–water partition coefficient (Wildman–Crippen LogP) is 4.15. The summed E-state index contributed by atoms with van der Waals surface area (Å²) in [4.78, 5) is 15.3. The molecule has 24 heavy (non-hydrogen) atoms. The standard InChI is InChI=1S/C13H11Cl2F3N4O2/c1-3-8-9(15)11(21-22(8)12(23)19-2)24-10-7(14)4-6(5-20-10)13(16,17)18/h4-5H,3H2,1-2H3,(H,19,23). The van der Waals surface area contributed by atoms with Crippen molar-refractivity contribution in [2.24, 2.45) is 0 Å². The van der Waals surface area contributed by atoms with Crippen molar-refractivity contribution >= 4 is 29.2 Å². The Labute approximate surface area is 144 Å². The highest BCUT2D eigenvalue weighted by atomic mass is 35.5. The van der Waals surface area contributed by atoms with Gasteiger partial charge in [0.15, 0.2) is 0 Å². The van der Waals surface area contributed by atoms with Crippen LogP contribution in [-0.2, 0) is 12.6 Å². The summed E-state index contributed by atoms with van der Waals surface area (Å²) in [5.41, 5.74) is -0.648. The average Bonchev–Trinajstić information content (AvgIpc) is 2.83. The second kappa shape index (κ2) is 6.86. The number of alkyl halides is 3. The zero-order chi connectivity index (χ0) is 18.1. The monoisotopic (exact) mass is 382 g/mol. The molecule has 0 unspecified atom stereocenters. The van der Waals surface area contributed by atoms with Gasteiger partial charge in [0.2, 0.25) is 5.88 Å². The SMILES string of the molecule is CCc1c(Cl)c(Oc2ncc(C(F)(F)F)cc2Cl)nn1C(=O)NC. The van der Waals surface area contributed by atoms with Crippen molar-refractivity contribution in [2.45, 2.75) is 19.5 Å². The molecule has 0 saturated heterocycles. The zero-order valence-corrected chi connectivity index (χ0v) is 13.9. The molecule has 1 N–H and O–H groups in total. The molecule has 0 radical (unpaired) electrons. The van der Waals surface area contributed by atoms with Gasteiger partial charge in [0.25, 0.3) is 5.88 Å². The number of hydrogen-bond donors (Lipinski definition) is 1. The van der Waals surface area contributed by atoms with E-state index >= 15 is 0 Å². The molecule has 130 valence electrons. The molecule has 2 rings (SSSR count). The summed E-state index contributed by atoms with van der Waals surface area (Å²) in [6, 6.07) is 0.129. The van der Waals surface area contributed by atoms with Crippen LogP contribution in [0.15, 0.2) is 12.3 Å². The van der Waals surface area contributed by atoms with Crippen LogP contribution in [0.25, 0.3) is 0 Å². The van der Waals surface area contributed by atoms with Crippen molar-refractivity contribution in [2.75, 3.05) is 7.05 Å². The number of rotatable bonds is 3. The van der Waals surface area contributed by atoms with Crippen molar-refractivity contribution in [3.8, 4) is 11.8 Å². The van der Waals surface area contributed by atoms with Crippen LogP contribution in [0.5, 0.6) is 11.8 Å². The van der Waals surface area contributed by atoms with Crippen LogP contribution in [-0.4, -0.2) is 27.8 Å². The fourth-order valence-corrected chi connectivity index (χ4v) is 2.30. The van der Waals surface area contributed by atoms with Crippen molar-refractivity contribution in [3.05, 3.63) is 33.6 Å². The molecule has 0 aromatic carbocycles. The van der Waals surface area contributed by atoms with Crippen LogP contribution in [0.4, 0.5) is 18.0 Å². The van der Waals surface area contributed by atoms with E-state index in [0.29, 0.717) is 24.4 Å². The molecule has 0 aliphatic heterocycles. The van der Waals surface area contributed by atoms with Gasteiger partial charge in [-0.1, -0.05) is 30.1 Å². The molecule has 0 aliphatic carbocycles. The predicted molar refractivity (Wildman–Crippen MR) is 80.8 cm³/mol. The topological polar surface area (TPSA) is 69.0 Å². The van der Waals surface area contributed by atoms with Crippen LogP contribution >= 0.6 is 23.2 Å². The number of nitrogens with one attached hydrogen (secondary N) is 1. The summed E-state index contributed by atoms with van der Waals surface area (Å²) in [5.74, 6) is -0.498. The summed E-state index contributed by atoms with van der Waals surface area (Å²) >= 11 is 11.9. The quantitative estimate of drug-likeness (QED) is 0.865. The Hall–Kier alpha value is -2.00. The van der Waals surface area contributed by atoms with E-state index in [4.69, 9.17) is 27.9 Å². The third kappa shape index (κ3) is 3.57. The Bertz CT molecular complexity index is 777. The first-order valence-corrected chi connectivity index (χ1v) is 7.34.